The van der Waals surface area contributed by atoms with Gasteiger partial charge < -0.3 is 4.74 Å². The third-order valence-corrected chi connectivity index (χ3v) is 4.15. The Labute approximate surface area is 146 Å². The molecular formula is C16H12ClN3O3S. The Morgan fingerprint density at radius 3 is 3.00 bits per heavy atom. The molecule has 0 aliphatic carbocycles. The summed E-state index contributed by atoms with van der Waals surface area (Å²) in [5, 5.41) is 1.02. The Bertz CT molecular complexity index is 974. The summed E-state index contributed by atoms with van der Waals surface area (Å²) in [6.07, 6.45) is 4.93. The van der Waals surface area contributed by atoms with E-state index in [0.29, 0.717) is 27.0 Å². The first-order valence-corrected chi connectivity index (χ1v) is 8.53. The molecule has 0 aromatic carbocycles. The lowest BCUT2D eigenvalue weighted by Crippen LogP contribution is -2.16. The minimum Gasteiger partial charge on any atom is -0.456 e. The van der Waals surface area contributed by atoms with Crippen LogP contribution in [0.5, 0.6) is 0 Å². The van der Waals surface area contributed by atoms with Crippen molar-refractivity contribution in [2.24, 2.45) is 0 Å². The Morgan fingerprint density at radius 1 is 1.38 bits per heavy atom. The number of halogens is 1. The number of ether oxygens (including phenoxy) is 1. The molecule has 0 radical (unpaired) electrons. The van der Waals surface area contributed by atoms with Crippen LogP contribution in [0.4, 0.5) is 0 Å². The number of aromatic nitrogens is 3. The first-order valence-electron chi connectivity index (χ1n) is 6.92. The van der Waals surface area contributed by atoms with Gasteiger partial charge in [0.25, 0.3) is 5.56 Å². The maximum Gasteiger partial charge on any atom is 0.341 e. The quantitative estimate of drug-likeness (QED) is 0.525. The molecule has 0 aliphatic heterocycles. The standard InChI is InChI=1S/C16H12ClN3O3S/c1-24-15-12(3-2-6-18-15)16(22)23-9-11-7-14(21)20-8-10(17)4-5-13(20)19-11/h2-8H,9H2,1H3. The molecule has 0 bridgehead atoms. The fourth-order valence-electron chi connectivity index (χ4n) is 2.13. The van der Waals surface area contributed by atoms with Gasteiger partial charge in [0.15, 0.2) is 0 Å². The number of hydrogen-bond acceptors (Lipinski definition) is 6. The maximum atomic E-state index is 12.2. The second-order valence-corrected chi connectivity index (χ2v) is 6.03. The molecular weight excluding hydrogens is 350 g/mol. The van der Waals surface area contributed by atoms with Crippen LogP contribution in [0.1, 0.15) is 16.1 Å². The van der Waals surface area contributed by atoms with Gasteiger partial charge in [0.1, 0.15) is 17.3 Å². The molecule has 0 aliphatic rings. The maximum absolute atomic E-state index is 12.2. The predicted molar refractivity (Wildman–Crippen MR) is 91.6 cm³/mol. The number of rotatable bonds is 4. The summed E-state index contributed by atoms with van der Waals surface area (Å²) in [5.41, 5.74) is 0.892. The minimum absolute atomic E-state index is 0.101. The third-order valence-electron chi connectivity index (χ3n) is 3.21. The average molecular weight is 362 g/mol. The van der Waals surface area contributed by atoms with Crippen LogP contribution in [0.15, 0.2) is 52.5 Å². The topological polar surface area (TPSA) is 73.6 Å². The molecule has 0 saturated heterocycles. The lowest BCUT2D eigenvalue weighted by molar-refractivity contribution is 0.0462. The SMILES string of the molecule is CSc1ncccc1C(=O)OCc1cc(=O)n2cc(Cl)ccc2n1. The first kappa shape index (κ1) is 16.5. The Balaban J connectivity index is 1.82. The van der Waals surface area contributed by atoms with Crippen LogP contribution in [0, 0.1) is 0 Å². The molecule has 8 heteroatoms. The molecule has 0 spiro atoms. The molecule has 122 valence electrons. The van der Waals surface area contributed by atoms with Gasteiger partial charge in [-0.1, -0.05) is 11.6 Å². The van der Waals surface area contributed by atoms with Gasteiger partial charge in [-0.2, -0.15) is 0 Å². The highest BCUT2D eigenvalue weighted by atomic mass is 35.5. The van der Waals surface area contributed by atoms with Gasteiger partial charge in [-0.3, -0.25) is 9.20 Å². The largest absolute Gasteiger partial charge is 0.456 e. The highest BCUT2D eigenvalue weighted by molar-refractivity contribution is 7.98. The molecule has 3 rings (SSSR count). The van der Waals surface area contributed by atoms with Gasteiger partial charge in [0.05, 0.1) is 16.3 Å². The van der Waals surface area contributed by atoms with Gasteiger partial charge in [0, 0.05) is 18.5 Å². The predicted octanol–water partition coefficient (Wildman–Crippen LogP) is 2.82. The van der Waals surface area contributed by atoms with Crippen LogP contribution in [0.3, 0.4) is 0 Å². The summed E-state index contributed by atoms with van der Waals surface area (Å²) in [7, 11) is 0. The minimum atomic E-state index is -0.509. The lowest BCUT2D eigenvalue weighted by Gasteiger charge is -2.08. The highest BCUT2D eigenvalue weighted by Crippen LogP contribution is 2.18. The second-order valence-electron chi connectivity index (χ2n) is 4.80. The number of fused-ring (bicyclic) bond motifs is 1. The van der Waals surface area contributed by atoms with E-state index in [0.717, 1.165) is 0 Å². The van der Waals surface area contributed by atoms with Crippen molar-refractivity contribution in [2.45, 2.75) is 11.6 Å². The molecule has 3 aromatic rings. The summed E-state index contributed by atoms with van der Waals surface area (Å²) < 4.78 is 6.59. The van der Waals surface area contributed by atoms with E-state index in [1.165, 1.54) is 28.4 Å². The zero-order valence-electron chi connectivity index (χ0n) is 12.6. The molecule has 24 heavy (non-hydrogen) atoms. The van der Waals surface area contributed by atoms with Gasteiger partial charge in [-0.15, -0.1) is 11.8 Å². The second kappa shape index (κ2) is 7.02. The number of pyridine rings is 2. The Kier molecular flexibility index (Phi) is 4.82. The summed E-state index contributed by atoms with van der Waals surface area (Å²) in [4.78, 5) is 32.7. The summed E-state index contributed by atoms with van der Waals surface area (Å²) in [6.45, 7) is -0.101. The van der Waals surface area contributed by atoms with E-state index in [1.54, 1.807) is 30.5 Å². The van der Waals surface area contributed by atoms with Crippen LogP contribution in [0.2, 0.25) is 5.02 Å². The van der Waals surface area contributed by atoms with Crippen molar-refractivity contribution >= 4 is 35.0 Å². The summed E-state index contributed by atoms with van der Waals surface area (Å²) in [6, 6.07) is 7.89. The van der Waals surface area contributed by atoms with Crippen molar-refractivity contribution in [2.75, 3.05) is 6.26 Å². The van der Waals surface area contributed by atoms with Crippen LogP contribution in [-0.2, 0) is 11.3 Å². The first-order chi connectivity index (χ1) is 11.6. The number of esters is 1. The zero-order chi connectivity index (χ0) is 17.1. The monoisotopic (exact) mass is 361 g/mol. The fraction of sp³-hybridized carbons (Fsp3) is 0.125. The number of hydrogen-bond donors (Lipinski definition) is 0. The van der Waals surface area contributed by atoms with E-state index in [-0.39, 0.29) is 12.2 Å². The Hall–Kier alpha value is -2.38. The number of thioether (sulfide) groups is 1. The number of carbonyl (C=O) groups excluding carboxylic acids is 1. The molecule has 3 aromatic heterocycles. The molecule has 6 nitrogen and oxygen atoms in total. The van der Waals surface area contributed by atoms with Crippen LogP contribution in [0.25, 0.3) is 5.65 Å². The molecule has 0 fully saturated rings. The van der Waals surface area contributed by atoms with E-state index in [4.69, 9.17) is 16.3 Å². The van der Waals surface area contributed by atoms with Gasteiger partial charge in [0.2, 0.25) is 0 Å². The number of carbonyl (C=O) groups is 1. The number of nitrogens with zero attached hydrogens (tertiary/aromatic N) is 3. The van der Waals surface area contributed by atoms with Crippen molar-refractivity contribution < 1.29 is 9.53 Å². The normalized spacial score (nSPS) is 10.8. The molecule has 0 atom stereocenters. The van der Waals surface area contributed by atoms with E-state index in [9.17, 15) is 9.59 Å². The molecule has 0 amide bonds. The molecule has 0 N–H and O–H groups in total. The molecule has 0 unspecified atom stereocenters. The van der Waals surface area contributed by atoms with Gasteiger partial charge in [-0.25, -0.2) is 14.8 Å². The van der Waals surface area contributed by atoms with E-state index in [2.05, 4.69) is 9.97 Å². The summed E-state index contributed by atoms with van der Waals surface area (Å²) in [5.74, 6) is -0.509. The third kappa shape index (κ3) is 3.42. The van der Waals surface area contributed by atoms with Gasteiger partial charge in [-0.05, 0) is 30.5 Å². The lowest BCUT2D eigenvalue weighted by atomic mass is 10.3. The van der Waals surface area contributed by atoms with E-state index in [1.807, 2.05) is 6.26 Å². The van der Waals surface area contributed by atoms with E-state index < -0.39 is 5.97 Å². The average Bonchev–Trinajstić information content (AvgIpc) is 2.60. The van der Waals surface area contributed by atoms with Crippen molar-refractivity contribution in [3.05, 3.63) is 69.4 Å². The van der Waals surface area contributed by atoms with Gasteiger partial charge >= 0.3 is 5.97 Å². The molecule has 3 heterocycles. The van der Waals surface area contributed by atoms with Crippen LogP contribution in [-0.4, -0.2) is 26.6 Å². The smallest absolute Gasteiger partial charge is 0.341 e. The fourth-order valence-corrected chi connectivity index (χ4v) is 2.82. The van der Waals surface area contributed by atoms with Crippen LogP contribution < -0.4 is 5.56 Å². The van der Waals surface area contributed by atoms with Crippen LogP contribution >= 0.6 is 23.4 Å². The molecule has 0 saturated carbocycles. The van der Waals surface area contributed by atoms with Crippen molar-refractivity contribution in [1.29, 1.82) is 0 Å². The van der Waals surface area contributed by atoms with E-state index >= 15 is 0 Å². The Morgan fingerprint density at radius 2 is 2.21 bits per heavy atom. The summed E-state index contributed by atoms with van der Waals surface area (Å²) >= 11 is 7.22. The highest BCUT2D eigenvalue weighted by Gasteiger charge is 2.14. The van der Waals surface area contributed by atoms with Crippen molar-refractivity contribution in [3.8, 4) is 0 Å². The van der Waals surface area contributed by atoms with Crippen molar-refractivity contribution in [1.82, 2.24) is 14.4 Å². The van der Waals surface area contributed by atoms with Crippen molar-refractivity contribution in [3.63, 3.8) is 0 Å². The zero-order valence-corrected chi connectivity index (χ0v) is 14.2.